The Morgan fingerprint density at radius 3 is 2.36 bits per heavy atom. The van der Waals surface area contributed by atoms with Gasteiger partial charge in [-0.1, -0.05) is 6.92 Å². The number of nitrogens with zero attached hydrogens (tertiary/aromatic N) is 2. The maximum Gasteiger partial charge on any atom is 0.534 e. The zero-order valence-electron chi connectivity index (χ0n) is 18.1. The molecule has 0 fully saturated rings. The standard InChI is InChI=1S/C20H21F3N2O7S/c1-5-12-17-13-7-15(31-4)16(32-33(29,30)20(21,22)23)6-11(13)8-24(10(2)3)25(17)9-14(18(12)26)19(27)28/h6-7,9-10H,5,8H2,1-4H3,(H,27,28). The van der Waals surface area contributed by atoms with Gasteiger partial charge in [0.2, 0.25) is 0 Å². The molecular formula is C20H21F3N2O7S. The summed E-state index contributed by atoms with van der Waals surface area (Å²) in [7, 11) is -4.82. The van der Waals surface area contributed by atoms with Gasteiger partial charge in [0, 0.05) is 23.4 Å². The molecule has 1 aliphatic heterocycles. The third-order valence-electron chi connectivity index (χ3n) is 5.20. The summed E-state index contributed by atoms with van der Waals surface area (Å²) in [5, 5.41) is 11.2. The molecule has 33 heavy (non-hydrogen) atoms. The molecule has 0 bridgehead atoms. The minimum Gasteiger partial charge on any atom is -0.493 e. The number of carboxylic acids is 1. The molecule has 0 unspecified atom stereocenters. The van der Waals surface area contributed by atoms with E-state index >= 15 is 0 Å². The molecule has 0 aliphatic carbocycles. The van der Waals surface area contributed by atoms with Crippen molar-refractivity contribution in [1.82, 2.24) is 4.68 Å². The second-order valence-corrected chi connectivity index (χ2v) is 9.07. The van der Waals surface area contributed by atoms with Crippen LogP contribution in [0, 0.1) is 0 Å². The molecule has 1 aromatic carbocycles. The van der Waals surface area contributed by atoms with Gasteiger partial charge in [0.1, 0.15) is 5.56 Å². The third-order valence-corrected chi connectivity index (χ3v) is 6.17. The Morgan fingerprint density at radius 2 is 1.88 bits per heavy atom. The van der Waals surface area contributed by atoms with Crippen LogP contribution in [0.25, 0.3) is 11.3 Å². The number of hydrogen-bond donors (Lipinski definition) is 1. The lowest BCUT2D eigenvalue weighted by molar-refractivity contribution is -0.0500. The SMILES string of the molecule is CCc1c2n(cc(C(=O)O)c1=O)N(C(C)C)Cc1cc(OS(=O)(=O)C(F)(F)F)c(OC)cc1-2. The fourth-order valence-electron chi connectivity index (χ4n) is 3.65. The van der Waals surface area contributed by atoms with Crippen molar-refractivity contribution in [3.63, 3.8) is 0 Å². The average Bonchev–Trinajstić information content (AvgIpc) is 2.70. The smallest absolute Gasteiger partial charge is 0.493 e. The molecule has 180 valence electrons. The Kier molecular flexibility index (Phi) is 6.13. The number of carboxylic acid groups (broad SMARTS) is 1. The molecule has 0 saturated carbocycles. The van der Waals surface area contributed by atoms with Gasteiger partial charge >= 0.3 is 21.6 Å². The average molecular weight is 490 g/mol. The Balaban J connectivity index is 2.34. The summed E-state index contributed by atoms with van der Waals surface area (Å²) in [6, 6.07) is 2.17. The van der Waals surface area contributed by atoms with E-state index in [9.17, 15) is 36.3 Å². The molecule has 0 amide bonds. The van der Waals surface area contributed by atoms with Gasteiger partial charge in [-0.3, -0.25) is 9.47 Å². The normalized spacial score (nSPS) is 13.5. The van der Waals surface area contributed by atoms with Gasteiger partial charge in [-0.05, 0) is 38.0 Å². The molecule has 2 aromatic rings. The molecule has 9 nitrogen and oxygen atoms in total. The highest BCUT2D eigenvalue weighted by atomic mass is 32.2. The number of ether oxygens (including phenoxy) is 1. The van der Waals surface area contributed by atoms with E-state index in [0.717, 1.165) is 13.2 Å². The van der Waals surface area contributed by atoms with E-state index in [1.54, 1.807) is 25.8 Å². The third kappa shape index (κ3) is 4.12. The van der Waals surface area contributed by atoms with Crippen molar-refractivity contribution in [2.75, 3.05) is 12.1 Å². The van der Waals surface area contributed by atoms with Crippen molar-refractivity contribution < 1.29 is 40.4 Å². The second kappa shape index (κ2) is 8.28. The van der Waals surface area contributed by atoms with Crippen LogP contribution in [-0.2, 0) is 23.1 Å². The number of methoxy groups -OCH3 is 1. The van der Waals surface area contributed by atoms with E-state index in [1.165, 1.54) is 16.9 Å². The Labute approximate surface area is 187 Å². The van der Waals surface area contributed by atoms with Crippen molar-refractivity contribution in [3.05, 3.63) is 45.2 Å². The zero-order chi connectivity index (χ0) is 24.9. The predicted molar refractivity (Wildman–Crippen MR) is 112 cm³/mol. The lowest BCUT2D eigenvalue weighted by Gasteiger charge is -2.39. The van der Waals surface area contributed by atoms with Crippen LogP contribution in [0.1, 0.15) is 42.3 Å². The lowest BCUT2D eigenvalue weighted by Crippen LogP contribution is -2.45. The van der Waals surface area contributed by atoms with Crippen LogP contribution in [0.4, 0.5) is 13.2 Å². The molecule has 1 aromatic heterocycles. The van der Waals surface area contributed by atoms with Crippen LogP contribution < -0.4 is 19.4 Å². The lowest BCUT2D eigenvalue weighted by atomic mass is 9.94. The van der Waals surface area contributed by atoms with E-state index in [1.807, 2.05) is 0 Å². The quantitative estimate of drug-likeness (QED) is 0.486. The zero-order valence-corrected chi connectivity index (χ0v) is 18.9. The number of rotatable bonds is 6. The number of hydrogen-bond acceptors (Lipinski definition) is 7. The van der Waals surface area contributed by atoms with E-state index in [0.29, 0.717) is 16.8 Å². The van der Waals surface area contributed by atoms with Gasteiger partial charge in [0.05, 0.1) is 19.3 Å². The summed E-state index contributed by atoms with van der Waals surface area (Å²) in [4.78, 5) is 24.5. The highest BCUT2D eigenvalue weighted by Crippen LogP contribution is 2.41. The minimum atomic E-state index is -5.95. The summed E-state index contributed by atoms with van der Waals surface area (Å²) in [5.74, 6) is -2.35. The first-order valence-corrected chi connectivity index (χ1v) is 11.1. The van der Waals surface area contributed by atoms with Crippen LogP contribution in [-0.4, -0.2) is 42.8 Å². The first-order valence-electron chi connectivity index (χ1n) is 9.74. The van der Waals surface area contributed by atoms with E-state index < -0.39 is 38.3 Å². The first-order chi connectivity index (χ1) is 15.2. The maximum atomic E-state index is 12.9. The number of aromatic carboxylic acids is 1. The molecule has 0 saturated heterocycles. The van der Waals surface area contributed by atoms with Gasteiger partial charge in [-0.25, -0.2) is 4.79 Å². The van der Waals surface area contributed by atoms with Crippen LogP contribution in [0.2, 0.25) is 0 Å². The molecule has 13 heteroatoms. The van der Waals surface area contributed by atoms with Gasteiger partial charge in [-0.15, -0.1) is 0 Å². The fraction of sp³-hybridized carbons (Fsp3) is 0.400. The maximum absolute atomic E-state index is 12.9. The molecular weight excluding hydrogens is 469 g/mol. The Hall–Kier alpha value is -3.22. The highest BCUT2D eigenvalue weighted by molar-refractivity contribution is 7.88. The summed E-state index contributed by atoms with van der Waals surface area (Å²) < 4.78 is 72.6. The molecule has 3 rings (SSSR count). The van der Waals surface area contributed by atoms with Crippen molar-refractivity contribution in [1.29, 1.82) is 0 Å². The monoisotopic (exact) mass is 490 g/mol. The molecule has 2 heterocycles. The highest BCUT2D eigenvalue weighted by Gasteiger charge is 2.49. The van der Waals surface area contributed by atoms with E-state index in [2.05, 4.69) is 4.18 Å². The Morgan fingerprint density at radius 1 is 1.24 bits per heavy atom. The number of benzene rings is 1. The van der Waals surface area contributed by atoms with Gasteiger partial charge in [0.25, 0.3) is 0 Å². The number of halogens is 3. The van der Waals surface area contributed by atoms with Crippen molar-refractivity contribution in [2.45, 2.75) is 45.3 Å². The molecule has 1 N–H and O–H groups in total. The number of pyridine rings is 1. The summed E-state index contributed by atoms with van der Waals surface area (Å²) in [5.41, 5.74) is -5.48. The largest absolute Gasteiger partial charge is 0.534 e. The summed E-state index contributed by atoms with van der Waals surface area (Å²) in [6.07, 6.45) is 1.37. The van der Waals surface area contributed by atoms with Crippen LogP contribution in [0.15, 0.2) is 23.1 Å². The Bertz CT molecular complexity index is 1280. The molecule has 0 spiro atoms. The fourth-order valence-corrected chi connectivity index (χ4v) is 4.11. The van der Waals surface area contributed by atoms with Gasteiger partial charge in [0.15, 0.2) is 16.9 Å². The van der Waals surface area contributed by atoms with Crippen LogP contribution >= 0.6 is 0 Å². The molecule has 0 atom stereocenters. The van der Waals surface area contributed by atoms with Gasteiger partial charge < -0.3 is 19.0 Å². The predicted octanol–water partition coefficient (Wildman–Crippen LogP) is 2.87. The molecule has 0 radical (unpaired) electrons. The number of alkyl halides is 3. The molecule has 1 aliphatic rings. The summed E-state index contributed by atoms with van der Waals surface area (Å²) >= 11 is 0. The van der Waals surface area contributed by atoms with Crippen molar-refractivity contribution in [2.24, 2.45) is 0 Å². The van der Waals surface area contributed by atoms with E-state index in [-0.39, 0.29) is 30.3 Å². The number of carbonyl (C=O) groups is 1. The second-order valence-electron chi connectivity index (χ2n) is 7.54. The van der Waals surface area contributed by atoms with Crippen LogP contribution in [0.5, 0.6) is 11.5 Å². The number of aromatic nitrogens is 1. The van der Waals surface area contributed by atoms with Crippen LogP contribution in [0.3, 0.4) is 0 Å². The van der Waals surface area contributed by atoms with E-state index in [4.69, 9.17) is 4.74 Å². The van der Waals surface area contributed by atoms with Crippen molar-refractivity contribution in [3.8, 4) is 22.8 Å². The number of fused-ring (bicyclic) bond motifs is 3. The van der Waals surface area contributed by atoms with Crippen molar-refractivity contribution >= 4 is 16.1 Å². The summed E-state index contributed by atoms with van der Waals surface area (Å²) in [6.45, 7) is 5.33. The topological polar surface area (TPSA) is 115 Å². The van der Waals surface area contributed by atoms with Gasteiger partial charge in [-0.2, -0.15) is 21.6 Å². The first kappa shape index (κ1) is 24.4. The minimum absolute atomic E-state index is 0.0670.